The van der Waals surface area contributed by atoms with Crippen molar-refractivity contribution in [3.8, 4) is 0 Å². The zero-order valence-corrected chi connectivity index (χ0v) is 11.1. The topological polar surface area (TPSA) is 41.5 Å². The average molecular weight is 255 g/mol. The lowest BCUT2D eigenvalue weighted by molar-refractivity contribution is 0.175. The van der Waals surface area contributed by atoms with Gasteiger partial charge >= 0.3 is 0 Å². The van der Waals surface area contributed by atoms with Gasteiger partial charge < -0.3 is 15.2 Å². The number of thioether (sulfide) groups is 1. The number of benzene rings is 1. The standard InChI is InChI=1S/C13H21NO2S/c1-16-8-7-14-9-13(15)11-17-10-12-5-3-2-4-6-12/h2-6,13-15H,7-11H2,1H3. The van der Waals surface area contributed by atoms with Gasteiger partial charge in [-0.05, 0) is 5.56 Å². The Morgan fingerprint density at radius 2 is 2.12 bits per heavy atom. The van der Waals surface area contributed by atoms with Crippen molar-refractivity contribution in [2.75, 3.05) is 32.6 Å². The van der Waals surface area contributed by atoms with Crippen LogP contribution in [0.25, 0.3) is 0 Å². The van der Waals surface area contributed by atoms with Crippen LogP contribution in [0.2, 0.25) is 0 Å². The minimum absolute atomic E-state index is 0.291. The summed E-state index contributed by atoms with van der Waals surface area (Å²) in [4.78, 5) is 0. The van der Waals surface area contributed by atoms with Crippen LogP contribution in [0.5, 0.6) is 0 Å². The summed E-state index contributed by atoms with van der Waals surface area (Å²) in [6.45, 7) is 2.10. The van der Waals surface area contributed by atoms with Gasteiger partial charge in [-0.3, -0.25) is 0 Å². The smallest absolute Gasteiger partial charge is 0.0754 e. The van der Waals surface area contributed by atoms with Crippen molar-refractivity contribution < 1.29 is 9.84 Å². The molecule has 0 heterocycles. The summed E-state index contributed by atoms with van der Waals surface area (Å²) >= 11 is 1.76. The highest BCUT2D eigenvalue weighted by molar-refractivity contribution is 7.98. The quantitative estimate of drug-likeness (QED) is 0.657. The van der Waals surface area contributed by atoms with Gasteiger partial charge in [-0.15, -0.1) is 0 Å². The molecule has 1 rings (SSSR count). The number of nitrogens with one attached hydrogen (secondary N) is 1. The van der Waals surface area contributed by atoms with E-state index in [1.165, 1.54) is 5.56 Å². The Morgan fingerprint density at radius 1 is 1.35 bits per heavy atom. The summed E-state index contributed by atoms with van der Waals surface area (Å²) in [5, 5.41) is 12.8. The van der Waals surface area contributed by atoms with Crippen molar-refractivity contribution in [2.45, 2.75) is 11.9 Å². The molecule has 2 N–H and O–H groups in total. The first-order valence-corrected chi connectivity index (χ1v) is 6.98. The third-order valence-corrected chi connectivity index (χ3v) is 3.44. The molecule has 0 saturated heterocycles. The number of aliphatic hydroxyl groups is 1. The molecule has 0 fully saturated rings. The number of methoxy groups -OCH3 is 1. The monoisotopic (exact) mass is 255 g/mol. The zero-order chi connectivity index (χ0) is 12.3. The third-order valence-electron chi connectivity index (χ3n) is 2.28. The summed E-state index contributed by atoms with van der Waals surface area (Å²) in [5.41, 5.74) is 1.30. The number of rotatable bonds is 9. The first-order valence-electron chi connectivity index (χ1n) is 5.82. The summed E-state index contributed by atoms with van der Waals surface area (Å²) in [6, 6.07) is 10.3. The lowest BCUT2D eigenvalue weighted by Crippen LogP contribution is -2.30. The second kappa shape index (κ2) is 9.48. The van der Waals surface area contributed by atoms with Crippen molar-refractivity contribution in [1.29, 1.82) is 0 Å². The molecule has 0 spiro atoms. The first-order chi connectivity index (χ1) is 8.33. The molecule has 0 aliphatic rings. The molecule has 1 atom stereocenters. The Labute approximate surface area is 108 Å². The lowest BCUT2D eigenvalue weighted by Gasteiger charge is -2.11. The fourth-order valence-corrected chi connectivity index (χ4v) is 2.32. The SMILES string of the molecule is COCCNCC(O)CSCc1ccccc1. The van der Waals surface area contributed by atoms with E-state index in [1.54, 1.807) is 18.9 Å². The Hall–Kier alpha value is -0.550. The third kappa shape index (κ3) is 7.39. The molecule has 1 aromatic rings. The number of hydrogen-bond acceptors (Lipinski definition) is 4. The van der Waals surface area contributed by atoms with Crippen LogP contribution in [0.3, 0.4) is 0 Å². The molecule has 0 radical (unpaired) electrons. The highest BCUT2D eigenvalue weighted by Gasteiger charge is 2.03. The molecule has 3 nitrogen and oxygen atoms in total. The van der Waals surface area contributed by atoms with Crippen molar-refractivity contribution >= 4 is 11.8 Å². The number of aliphatic hydroxyl groups excluding tert-OH is 1. The highest BCUT2D eigenvalue weighted by atomic mass is 32.2. The van der Waals surface area contributed by atoms with E-state index in [9.17, 15) is 5.11 Å². The van der Waals surface area contributed by atoms with Crippen molar-refractivity contribution in [3.05, 3.63) is 35.9 Å². The normalized spacial score (nSPS) is 12.6. The average Bonchev–Trinajstić information content (AvgIpc) is 2.36. The van der Waals surface area contributed by atoms with Gasteiger partial charge in [0.25, 0.3) is 0 Å². The summed E-state index contributed by atoms with van der Waals surface area (Å²) in [6.07, 6.45) is -0.291. The van der Waals surface area contributed by atoms with Gasteiger partial charge in [0.05, 0.1) is 12.7 Å². The lowest BCUT2D eigenvalue weighted by atomic mass is 10.2. The summed E-state index contributed by atoms with van der Waals surface area (Å²) in [7, 11) is 1.67. The zero-order valence-electron chi connectivity index (χ0n) is 10.3. The Kier molecular flexibility index (Phi) is 8.09. The summed E-state index contributed by atoms with van der Waals surface area (Å²) < 4.78 is 4.91. The van der Waals surface area contributed by atoms with E-state index in [0.717, 1.165) is 18.1 Å². The predicted octanol–water partition coefficient (Wildman–Crippen LogP) is 1.52. The van der Waals surface area contributed by atoms with E-state index in [-0.39, 0.29) is 6.10 Å². The van der Waals surface area contributed by atoms with Crippen LogP contribution in [0.4, 0.5) is 0 Å². The van der Waals surface area contributed by atoms with Crippen LogP contribution in [-0.4, -0.2) is 43.8 Å². The van der Waals surface area contributed by atoms with Crippen LogP contribution in [0.15, 0.2) is 30.3 Å². The molecular weight excluding hydrogens is 234 g/mol. The first kappa shape index (κ1) is 14.5. The van der Waals surface area contributed by atoms with E-state index < -0.39 is 0 Å². The van der Waals surface area contributed by atoms with E-state index in [4.69, 9.17) is 4.74 Å². The fourth-order valence-electron chi connectivity index (χ4n) is 1.39. The van der Waals surface area contributed by atoms with Gasteiger partial charge in [-0.2, -0.15) is 11.8 Å². The number of ether oxygens (including phenoxy) is 1. The van der Waals surface area contributed by atoms with Crippen LogP contribution in [0, 0.1) is 0 Å². The van der Waals surface area contributed by atoms with Gasteiger partial charge in [0, 0.05) is 31.7 Å². The van der Waals surface area contributed by atoms with Gasteiger partial charge in [0.15, 0.2) is 0 Å². The van der Waals surface area contributed by atoms with Gasteiger partial charge in [-0.1, -0.05) is 30.3 Å². The van der Waals surface area contributed by atoms with Crippen molar-refractivity contribution in [1.82, 2.24) is 5.32 Å². The van der Waals surface area contributed by atoms with Crippen molar-refractivity contribution in [2.24, 2.45) is 0 Å². The van der Waals surface area contributed by atoms with Crippen LogP contribution in [-0.2, 0) is 10.5 Å². The maximum absolute atomic E-state index is 9.70. The minimum atomic E-state index is -0.291. The molecule has 0 aliphatic heterocycles. The molecule has 0 saturated carbocycles. The van der Waals surface area contributed by atoms with Crippen LogP contribution < -0.4 is 5.32 Å². The fraction of sp³-hybridized carbons (Fsp3) is 0.538. The molecule has 96 valence electrons. The highest BCUT2D eigenvalue weighted by Crippen LogP contribution is 2.12. The second-order valence-corrected chi connectivity index (χ2v) is 4.88. The molecule has 0 bridgehead atoms. The Bertz CT molecular complexity index is 282. The largest absolute Gasteiger partial charge is 0.391 e. The molecule has 1 aromatic carbocycles. The van der Waals surface area contributed by atoms with E-state index >= 15 is 0 Å². The van der Waals surface area contributed by atoms with E-state index in [1.807, 2.05) is 18.2 Å². The Balaban J connectivity index is 2.02. The molecule has 4 heteroatoms. The van der Waals surface area contributed by atoms with E-state index in [0.29, 0.717) is 13.2 Å². The number of hydrogen-bond donors (Lipinski definition) is 2. The minimum Gasteiger partial charge on any atom is -0.391 e. The maximum Gasteiger partial charge on any atom is 0.0754 e. The van der Waals surface area contributed by atoms with Gasteiger partial charge in [0.1, 0.15) is 0 Å². The predicted molar refractivity (Wildman–Crippen MR) is 73.4 cm³/mol. The maximum atomic E-state index is 9.70. The molecule has 0 aliphatic carbocycles. The summed E-state index contributed by atoms with van der Waals surface area (Å²) in [5.74, 6) is 1.71. The van der Waals surface area contributed by atoms with Gasteiger partial charge in [-0.25, -0.2) is 0 Å². The molecule has 1 unspecified atom stereocenters. The van der Waals surface area contributed by atoms with Crippen LogP contribution in [0.1, 0.15) is 5.56 Å². The molecule has 0 amide bonds. The molecule has 17 heavy (non-hydrogen) atoms. The molecule has 0 aromatic heterocycles. The second-order valence-electron chi connectivity index (χ2n) is 3.85. The van der Waals surface area contributed by atoms with E-state index in [2.05, 4.69) is 17.4 Å². The molecular formula is C13H21NO2S. The van der Waals surface area contributed by atoms with Crippen LogP contribution >= 0.6 is 11.8 Å². The van der Waals surface area contributed by atoms with Gasteiger partial charge in [0.2, 0.25) is 0 Å². The van der Waals surface area contributed by atoms with Crippen molar-refractivity contribution in [3.63, 3.8) is 0 Å². The Morgan fingerprint density at radius 3 is 2.82 bits per heavy atom.